The minimum absolute atomic E-state index is 0.0394. The molecule has 2 aromatic heterocycles. The second kappa shape index (κ2) is 9.08. The van der Waals surface area contributed by atoms with Crippen LogP contribution in [0.15, 0.2) is 41.6 Å². The van der Waals surface area contributed by atoms with Crippen molar-refractivity contribution in [2.45, 2.75) is 38.1 Å². The summed E-state index contributed by atoms with van der Waals surface area (Å²) in [7, 11) is -3.74. The molecule has 29 heavy (non-hydrogen) atoms. The zero-order chi connectivity index (χ0) is 21.0. The maximum Gasteiger partial charge on any atom is 0.240 e. The number of thiazole rings is 1. The van der Waals surface area contributed by atoms with Gasteiger partial charge >= 0.3 is 0 Å². The fourth-order valence-corrected chi connectivity index (χ4v) is 4.66. The molecule has 1 aromatic carbocycles. The predicted octanol–water partition coefficient (Wildman–Crippen LogP) is 3.50. The van der Waals surface area contributed by atoms with Crippen molar-refractivity contribution in [1.82, 2.24) is 19.7 Å². The highest BCUT2D eigenvalue weighted by molar-refractivity contribution is 7.89. The smallest absolute Gasteiger partial charge is 0.240 e. The number of nitrogens with zero attached hydrogens (tertiary/aromatic N) is 3. The van der Waals surface area contributed by atoms with Crippen LogP contribution < -0.4 is 4.72 Å². The van der Waals surface area contributed by atoms with E-state index in [9.17, 15) is 13.2 Å². The molecule has 10 heteroatoms. The molecule has 3 aromatic rings. The zero-order valence-corrected chi connectivity index (χ0v) is 18.2. The molecule has 0 aliphatic rings. The maximum absolute atomic E-state index is 12.4. The van der Waals surface area contributed by atoms with Gasteiger partial charge < -0.3 is 0 Å². The number of ketones is 1. The molecule has 0 spiro atoms. The van der Waals surface area contributed by atoms with Gasteiger partial charge in [-0.05, 0) is 38.5 Å². The van der Waals surface area contributed by atoms with E-state index in [4.69, 9.17) is 11.6 Å². The average Bonchev–Trinajstić information content (AvgIpc) is 3.10. The van der Waals surface area contributed by atoms with Gasteiger partial charge in [0.1, 0.15) is 5.69 Å². The van der Waals surface area contributed by atoms with Gasteiger partial charge in [0, 0.05) is 22.5 Å². The van der Waals surface area contributed by atoms with E-state index in [-0.39, 0.29) is 22.9 Å². The number of halogens is 1. The first-order chi connectivity index (χ1) is 13.7. The van der Waals surface area contributed by atoms with Crippen LogP contribution in [-0.4, -0.2) is 29.2 Å². The third-order valence-electron chi connectivity index (χ3n) is 4.14. The van der Waals surface area contributed by atoms with Crippen LogP contribution in [0.5, 0.6) is 0 Å². The number of Topliss-reactive ketones (excluding diaryl/α,β-unsaturated/α-hetero) is 1. The summed E-state index contributed by atoms with van der Waals surface area (Å²) in [5.41, 5.74) is 1.22. The Kier molecular flexibility index (Phi) is 6.74. The third-order valence-corrected chi connectivity index (χ3v) is 6.74. The lowest BCUT2D eigenvalue weighted by Crippen LogP contribution is -2.24. The summed E-state index contributed by atoms with van der Waals surface area (Å²) in [4.78, 5) is 26.2. The molecule has 0 saturated carbocycles. The number of benzene rings is 1. The quantitative estimate of drug-likeness (QED) is 0.527. The maximum atomic E-state index is 12.4. The molecule has 0 aliphatic carbocycles. The SMILES string of the molecule is Cc1ncc(CCC(=O)c2cnc(CNS(=O)(=O)c3cccc(Cl)c3)c(C)n2)s1. The highest BCUT2D eigenvalue weighted by atomic mass is 35.5. The van der Waals surface area contributed by atoms with E-state index in [1.165, 1.54) is 18.3 Å². The Morgan fingerprint density at radius 2 is 2.00 bits per heavy atom. The molecule has 0 unspecified atom stereocenters. The zero-order valence-electron chi connectivity index (χ0n) is 15.8. The van der Waals surface area contributed by atoms with Crippen LogP contribution in [0, 0.1) is 13.8 Å². The van der Waals surface area contributed by atoms with E-state index in [1.54, 1.807) is 36.6 Å². The highest BCUT2D eigenvalue weighted by Crippen LogP contribution is 2.17. The van der Waals surface area contributed by atoms with Crippen LogP contribution in [0.2, 0.25) is 5.02 Å². The molecule has 0 aliphatic heterocycles. The average molecular weight is 451 g/mol. The van der Waals surface area contributed by atoms with Gasteiger partial charge in [0.25, 0.3) is 0 Å². The van der Waals surface area contributed by atoms with Gasteiger partial charge in [0.2, 0.25) is 10.0 Å². The highest BCUT2D eigenvalue weighted by Gasteiger charge is 2.16. The minimum atomic E-state index is -3.74. The van der Waals surface area contributed by atoms with Crippen LogP contribution in [-0.2, 0) is 23.0 Å². The number of carbonyl (C=O) groups excluding carboxylic acids is 1. The van der Waals surface area contributed by atoms with Crippen molar-refractivity contribution in [3.63, 3.8) is 0 Å². The minimum Gasteiger partial charge on any atom is -0.292 e. The monoisotopic (exact) mass is 450 g/mol. The summed E-state index contributed by atoms with van der Waals surface area (Å²) in [5.74, 6) is -0.113. The Bertz CT molecular complexity index is 1150. The summed E-state index contributed by atoms with van der Waals surface area (Å²) in [6.45, 7) is 3.58. The van der Waals surface area contributed by atoms with E-state index in [1.807, 2.05) is 6.92 Å². The lowest BCUT2D eigenvalue weighted by molar-refractivity contribution is 0.0977. The van der Waals surface area contributed by atoms with Crippen molar-refractivity contribution in [3.05, 3.63) is 68.6 Å². The Labute approximate surface area is 178 Å². The van der Waals surface area contributed by atoms with Crippen molar-refractivity contribution < 1.29 is 13.2 Å². The molecule has 0 atom stereocenters. The van der Waals surface area contributed by atoms with Crippen molar-refractivity contribution in [3.8, 4) is 0 Å². The van der Waals surface area contributed by atoms with Gasteiger partial charge in [-0.2, -0.15) is 0 Å². The fourth-order valence-electron chi connectivity index (χ4n) is 2.58. The van der Waals surface area contributed by atoms with Crippen LogP contribution in [0.1, 0.15) is 38.2 Å². The van der Waals surface area contributed by atoms with E-state index in [2.05, 4.69) is 19.7 Å². The molecular formula is C19H19ClN4O3S2. The number of carbonyl (C=O) groups is 1. The standard InChI is InChI=1S/C19H19ClN4O3S2/c1-12-17(11-23-29(26,27)16-5-3-4-14(20)8-16)22-10-18(24-12)19(25)7-6-15-9-21-13(2)28-15/h3-5,8-10,23H,6-7,11H2,1-2H3. The van der Waals surface area contributed by atoms with Crippen molar-refractivity contribution in [2.24, 2.45) is 0 Å². The molecule has 7 nitrogen and oxygen atoms in total. The molecule has 0 saturated heterocycles. The molecule has 0 bridgehead atoms. The van der Waals surface area contributed by atoms with Crippen molar-refractivity contribution >= 4 is 38.7 Å². The number of hydrogen-bond acceptors (Lipinski definition) is 7. The molecule has 0 fully saturated rings. The summed E-state index contributed by atoms with van der Waals surface area (Å²) < 4.78 is 27.3. The van der Waals surface area contributed by atoms with Gasteiger partial charge in [-0.3, -0.25) is 9.78 Å². The molecule has 0 amide bonds. The Hall–Kier alpha value is -2.20. The van der Waals surface area contributed by atoms with Gasteiger partial charge in [-0.1, -0.05) is 17.7 Å². The first-order valence-electron chi connectivity index (χ1n) is 8.77. The summed E-state index contributed by atoms with van der Waals surface area (Å²) >= 11 is 7.42. The molecule has 2 heterocycles. The largest absolute Gasteiger partial charge is 0.292 e. The summed E-state index contributed by atoms with van der Waals surface area (Å²) in [5, 5.41) is 1.30. The number of aryl methyl sites for hydroxylation is 3. The van der Waals surface area contributed by atoms with Gasteiger partial charge in [0.15, 0.2) is 5.78 Å². The fraction of sp³-hybridized carbons (Fsp3) is 0.263. The first-order valence-corrected chi connectivity index (χ1v) is 11.4. The molecular weight excluding hydrogens is 432 g/mol. The lowest BCUT2D eigenvalue weighted by atomic mass is 10.1. The lowest BCUT2D eigenvalue weighted by Gasteiger charge is -2.09. The van der Waals surface area contributed by atoms with Crippen LogP contribution in [0.25, 0.3) is 0 Å². The Morgan fingerprint density at radius 1 is 1.21 bits per heavy atom. The van der Waals surface area contributed by atoms with Crippen molar-refractivity contribution in [1.29, 1.82) is 0 Å². The number of sulfonamides is 1. The number of aromatic nitrogens is 3. The topological polar surface area (TPSA) is 102 Å². The van der Waals surface area contributed by atoms with Crippen LogP contribution in [0.3, 0.4) is 0 Å². The second-order valence-electron chi connectivity index (χ2n) is 6.34. The first kappa shape index (κ1) is 21.5. The molecule has 1 N–H and O–H groups in total. The van der Waals surface area contributed by atoms with E-state index >= 15 is 0 Å². The van der Waals surface area contributed by atoms with Gasteiger partial charge in [0.05, 0.1) is 34.0 Å². The predicted molar refractivity (Wildman–Crippen MR) is 112 cm³/mol. The van der Waals surface area contributed by atoms with E-state index < -0.39 is 10.0 Å². The number of nitrogens with one attached hydrogen (secondary N) is 1. The molecule has 0 radical (unpaired) electrons. The Balaban J connectivity index is 1.64. The van der Waals surface area contributed by atoms with Crippen LogP contribution in [0.4, 0.5) is 0 Å². The Morgan fingerprint density at radius 3 is 2.66 bits per heavy atom. The van der Waals surface area contributed by atoms with E-state index in [0.29, 0.717) is 29.3 Å². The number of hydrogen-bond donors (Lipinski definition) is 1. The third kappa shape index (κ3) is 5.66. The normalized spacial score (nSPS) is 11.6. The summed E-state index contributed by atoms with van der Waals surface area (Å²) in [6.07, 6.45) is 4.08. The number of rotatable bonds is 8. The van der Waals surface area contributed by atoms with Crippen molar-refractivity contribution in [2.75, 3.05) is 0 Å². The van der Waals surface area contributed by atoms with Gasteiger partial charge in [-0.25, -0.2) is 23.1 Å². The summed E-state index contributed by atoms with van der Waals surface area (Å²) in [6, 6.07) is 5.99. The van der Waals surface area contributed by atoms with E-state index in [0.717, 1.165) is 9.88 Å². The molecule has 3 rings (SSSR count). The second-order valence-corrected chi connectivity index (χ2v) is 9.86. The molecule has 152 valence electrons. The van der Waals surface area contributed by atoms with Gasteiger partial charge in [-0.15, -0.1) is 11.3 Å². The van der Waals surface area contributed by atoms with Crippen LogP contribution >= 0.6 is 22.9 Å².